The first-order valence-corrected chi connectivity index (χ1v) is 12.7. The number of amides is 1. The fraction of sp³-hybridized carbons (Fsp3) is 0.458. The van der Waals surface area contributed by atoms with Crippen molar-refractivity contribution < 1.29 is 19.1 Å². The molecule has 1 N–H and O–H groups in total. The van der Waals surface area contributed by atoms with E-state index in [1.54, 1.807) is 22.5 Å². The van der Waals surface area contributed by atoms with Crippen molar-refractivity contribution in [3.8, 4) is 10.6 Å². The van der Waals surface area contributed by atoms with Crippen LogP contribution in [0.5, 0.6) is 0 Å². The van der Waals surface area contributed by atoms with E-state index in [1.807, 2.05) is 24.1 Å². The molecule has 35 heavy (non-hydrogen) atoms. The van der Waals surface area contributed by atoms with Crippen LogP contribution in [-0.2, 0) is 9.47 Å². The molecular formula is C24H28N6O4S. The predicted molar refractivity (Wildman–Crippen MR) is 132 cm³/mol. The number of Topliss-reactive ketones (excluding diaryl/α,β-unsaturated/α-hetero) is 1. The molecule has 5 rings (SSSR count). The summed E-state index contributed by atoms with van der Waals surface area (Å²) in [5, 5.41) is 9.92. The average Bonchev–Trinajstić information content (AvgIpc) is 3.54. The van der Waals surface area contributed by atoms with Gasteiger partial charge in [-0.25, -0.2) is 9.97 Å². The monoisotopic (exact) mass is 496 g/mol. The summed E-state index contributed by atoms with van der Waals surface area (Å²) in [5.74, 6) is 0.309. The molecule has 3 aromatic rings. The van der Waals surface area contributed by atoms with Gasteiger partial charge in [0.25, 0.3) is 5.91 Å². The van der Waals surface area contributed by atoms with Crippen molar-refractivity contribution in [3.63, 3.8) is 0 Å². The number of hydrogen-bond donors (Lipinski definition) is 1. The van der Waals surface area contributed by atoms with Gasteiger partial charge >= 0.3 is 0 Å². The number of anilines is 2. The Labute approximate surface area is 207 Å². The van der Waals surface area contributed by atoms with Gasteiger partial charge < -0.3 is 19.7 Å². The Morgan fingerprint density at radius 3 is 2.83 bits per heavy atom. The number of likely N-dealkylation sites (N-methyl/N-ethyl adjacent to an activating group) is 1. The standard InChI is InChI=1S/C24H28N6O4S/c1-29-8-12-33-9-2-3-20(31)22-18(14-30(28-22)17-5-10-34-11-6-17)26-23(32)19-15-35-24(27-19)16-4-7-25-21(29)13-16/h4,7,13-15,17H,2-3,5-6,8-12H2,1H3,(H,26,32). The van der Waals surface area contributed by atoms with Gasteiger partial charge in [0.1, 0.15) is 16.5 Å². The van der Waals surface area contributed by atoms with Crippen LogP contribution < -0.4 is 10.2 Å². The molecule has 2 aliphatic heterocycles. The van der Waals surface area contributed by atoms with Crippen molar-refractivity contribution in [3.05, 3.63) is 41.3 Å². The molecular weight excluding hydrogens is 468 g/mol. The van der Waals surface area contributed by atoms with Crippen molar-refractivity contribution in [2.24, 2.45) is 0 Å². The van der Waals surface area contributed by atoms with Crippen LogP contribution in [0.1, 0.15) is 52.7 Å². The quantitative estimate of drug-likeness (QED) is 0.545. The molecule has 4 bridgehead atoms. The van der Waals surface area contributed by atoms with E-state index in [4.69, 9.17) is 9.47 Å². The summed E-state index contributed by atoms with van der Waals surface area (Å²) in [4.78, 5) is 37.1. The summed E-state index contributed by atoms with van der Waals surface area (Å²) in [6.45, 7) is 2.96. The first-order chi connectivity index (χ1) is 17.1. The molecule has 0 aromatic carbocycles. The van der Waals surface area contributed by atoms with Gasteiger partial charge in [-0.05, 0) is 31.4 Å². The molecule has 0 spiro atoms. The van der Waals surface area contributed by atoms with E-state index in [0.717, 1.165) is 29.2 Å². The minimum atomic E-state index is -0.371. The van der Waals surface area contributed by atoms with Crippen LogP contribution in [0.25, 0.3) is 10.6 Å². The number of carbonyl (C=O) groups excluding carboxylic acids is 2. The number of nitrogens with one attached hydrogen (secondary N) is 1. The molecule has 0 radical (unpaired) electrons. The SMILES string of the molecule is CN1CCOCCCC(=O)c2nn(C3CCOCC3)cc2NC(=O)c2csc(n2)-c2ccnc1c2. The first-order valence-electron chi connectivity index (χ1n) is 11.8. The highest BCUT2D eigenvalue weighted by atomic mass is 32.1. The van der Waals surface area contributed by atoms with E-state index in [9.17, 15) is 9.59 Å². The largest absolute Gasteiger partial charge is 0.381 e. The zero-order chi connectivity index (χ0) is 24.2. The van der Waals surface area contributed by atoms with Gasteiger partial charge in [0.05, 0.1) is 18.3 Å². The van der Waals surface area contributed by atoms with Gasteiger partial charge in [0, 0.05) is 63.2 Å². The summed E-state index contributed by atoms with van der Waals surface area (Å²) in [6, 6.07) is 3.97. The number of carbonyl (C=O) groups is 2. The van der Waals surface area contributed by atoms with Crippen molar-refractivity contribution in [2.45, 2.75) is 31.7 Å². The number of fused-ring (bicyclic) bond motifs is 6. The van der Waals surface area contributed by atoms with Gasteiger partial charge in [-0.15, -0.1) is 11.3 Å². The Morgan fingerprint density at radius 2 is 1.97 bits per heavy atom. The number of thiazole rings is 1. The lowest BCUT2D eigenvalue weighted by molar-refractivity contribution is 0.0660. The number of aromatic nitrogens is 4. The second kappa shape index (κ2) is 10.6. The third-order valence-electron chi connectivity index (χ3n) is 6.19. The Morgan fingerprint density at radius 1 is 1.14 bits per heavy atom. The molecule has 1 amide bonds. The number of hydrogen-bond acceptors (Lipinski definition) is 9. The minimum Gasteiger partial charge on any atom is -0.381 e. The summed E-state index contributed by atoms with van der Waals surface area (Å²) < 4.78 is 13.0. The lowest BCUT2D eigenvalue weighted by atomic mass is 10.1. The lowest BCUT2D eigenvalue weighted by Crippen LogP contribution is -2.23. The second-order valence-electron chi connectivity index (χ2n) is 8.67. The third-order valence-corrected chi connectivity index (χ3v) is 7.08. The summed E-state index contributed by atoms with van der Waals surface area (Å²) in [6.07, 6.45) is 5.98. The van der Waals surface area contributed by atoms with E-state index in [1.165, 1.54) is 11.3 Å². The fourth-order valence-electron chi connectivity index (χ4n) is 4.15. The van der Waals surface area contributed by atoms with Crippen LogP contribution in [0.4, 0.5) is 11.5 Å². The minimum absolute atomic E-state index is 0.119. The van der Waals surface area contributed by atoms with Crippen LogP contribution >= 0.6 is 11.3 Å². The maximum Gasteiger partial charge on any atom is 0.275 e. The Bertz CT molecular complexity index is 1200. The predicted octanol–water partition coefficient (Wildman–Crippen LogP) is 3.43. The van der Waals surface area contributed by atoms with E-state index in [2.05, 4.69) is 20.4 Å². The molecule has 184 valence electrons. The molecule has 5 heterocycles. The zero-order valence-electron chi connectivity index (χ0n) is 19.6. The highest BCUT2D eigenvalue weighted by Gasteiger charge is 2.24. The van der Waals surface area contributed by atoms with Gasteiger partial charge in [-0.1, -0.05) is 0 Å². The molecule has 1 saturated heterocycles. The van der Waals surface area contributed by atoms with Crippen molar-refractivity contribution >= 4 is 34.5 Å². The van der Waals surface area contributed by atoms with Gasteiger partial charge in [-0.3, -0.25) is 14.3 Å². The van der Waals surface area contributed by atoms with Crippen LogP contribution in [0.2, 0.25) is 0 Å². The number of ether oxygens (including phenoxy) is 2. The molecule has 11 heteroatoms. The van der Waals surface area contributed by atoms with E-state index in [0.29, 0.717) is 50.8 Å². The zero-order valence-corrected chi connectivity index (χ0v) is 20.4. The highest BCUT2D eigenvalue weighted by Crippen LogP contribution is 2.28. The topological polar surface area (TPSA) is 111 Å². The van der Waals surface area contributed by atoms with Crippen molar-refractivity contribution in [1.29, 1.82) is 0 Å². The van der Waals surface area contributed by atoms with E-state index in [-0.39, 0.29) is 29.8 Å². The average molecular weight is 497 g/mol. The molecule has 3 aromatic heterocycles. The molecule has 0 aliphatic carbocycles. The lowest BCUT2D eigenvalue weighted by Gasteiger charge is -2.22. The second-order valence-corrected chi connectivity index (χ2v) is 9.53. The summed E-state index contributed by atoms with van der Waals surface area (Å²) in [7, 11) is 1.95. The maximum atomic E-state index is 13.1. The van der Waals surface area contributed by atoms with Crippen LogP contribution in [0, 0.1) is 0 Å². The molecule has 0 saturated carbocycles. The molecule has 2 aliphatic rings. The number of pyridine rings is 1. The normalized spacial score (nSPS) is 18.5. The third kappa shape index (κ3) is 5.42. The maximum absolute atomic E-state index is 13.1. The Balaban J connectivity index is 1.45. The first kappa shape index (κ1) is 23.6. The van der Waals surface area contributed by atoms with Gasteiger partial charge in [-0.2, -0.15) is 5.10 Å². The van der Waals surface area contributed by atoms with Crippen LogP contribution in [-0.4, -0.2) is 71.5 Å². The van der Waals surface area contributed by atoms with Crippen molar-refractivity contribution in [2.75, 3.05) is 50.2 Å². The van der Waals surface area contributed by atoms with Gasteiger partial charge in [0.2, 0.25) is 0 Å². The molecule has 10 nitrogen and oxygen atoms in total. The Hall–Kier alpha value is -3.15. The molecule has 0 atom stereocenters. The van der Waals surface area contributed by atoms with E-state index < -0.39 is 0 Å². The smallest absolute Gasteiger partial charge is 0.275 e. The number of nitrogens with zero attached hydrogens (tertiary/aromatic N) is 5. The fourth-order valence-corrected chi connectivity index (χ4v) is 4.95. The molecule has 1 fully saturated rings. The highest BCUT2D eigenvalue weighted by molar-refractivity contribution is 7.13. The number of rotatable bonds is 1. The summed E-state index contributed by atoms with van der Waals surface area (Å²) in [5.41, 5.74) is 1.87. The van der Waals surface area contributed by atoms with Crippen molar-refractivity contribution in [1.82, 2.24) is 19.7 Å². The van der Waals surface area contributed by atoms with E-state index >= 15 is 0 Å². The molecule has 0 unspecified atom stereocenters. The summed E-state index contributed by atoms with van der Waals surface area (Å²) >= 11 is 1.39. The number of ketones is 1. The van der Waals surface area contributed by atoms with Gasteiger partial charge in [0.15, 0.2) is 11.5 Å². The Kier molecular flexibility index (Phi) is 7.16. The van der Waals surface area contributed by atoms with Crippen LogP contribution in [0.3, 0.4) is 0 Å². The van der Waals surface area contributed by atoms with Crippen LogP contribution in [0.15, 0.2) is 29.9 Å².